The molecule has 0 bridgehead atoms. The van der Waals surface area contributed by atoms with Crippen LogP contribution in [0.5, 0.6) is 11.5 Å². The van der Waals surface area contributed by atoms with Gasteiger partial charge in [-0.05, 0) is 12.5 Å². The van der Waals surface area contributed by atoms with Crippen molar-refractivity contribution in [1.29, 1.82) is 0 Å². The Morgan fingerprint density at radius 1 is 1.20 bits per heavy atom. The van der Waals surface area contributed by atoms with E-state index in [0.29, 0.717) is 17.7 Å². The Hall–Kier alpha value is -2.23. The van der Waals surface area contributed by atoms with E-state index in [1.54, 1.807) is 12.1 Å². The molecule has 0 fully saturated rings. The molecule has 0 radical (unpaired) electrons. The predicted octanol–water partition coefficient (Wildman–Crippen LogP) is 3.81. The van der Waals surface area contributed by atoms with E-state index in [1.165, 1.54) is 6.07 Å². The minimum Gasteiger partial charge on any atom is -0.506 e. The van der Waals surface area contributed by atoms with Crippen LogP contribution in [0.4, 0.5) is 0 Å². The minimum absolute atomic E-state index is 0.130. The summed E-state index contributed by atoms with van der Waals surface area (Å²) in [5.41, 5.74) is -0.130. The lowest BCUT2D eigenvalue weighted by atomic mass is 10.0. The first-order valence-electron chi connectivity index (χ1n) is 6.76. The fourth-order valence-corrected chi connectivity index (χ4v) is 2.14. The van der Waals surface area contributed by atoms with Crippen molar-refractivity contribution in [2.45, 2.75) is 26.2 Å². The Balaban J connectivity index is 2.41. The van der Waals surface area contributed by atoms with E-state index in [1.807, 2.05) is 12.1 Å². The first kappa shape index (κ1) is 14.2. The highest BCUT2D eigenvalue weighted by molar-refractivity contribution is 6.03. The topological polar surface area (TPSA) is 66.8 Å². The van der Waals surface area contributed by atoms with E-state index in [0.717, 1.165) is 24.6 Å². The normalized spacial score (nSPS) is 10.7. The van der Waals surface area contributed by atoms with Crippen LogP contribution < -0.4 is 4.74 Å². The first-order chi connectivity index (χ1) is 9.65. The van der Waals surface area contributed by atoms with E-state index in [9.17, 15) is 9.90 Å². The third-order valence-corrected chi connectivity index (χ3v) is 3.21. The van der Waals surface area contributed by atoms with Crippen LogP contribution in [0.2, 0.25) is 0 Å². The SMILES string of the molecule is CCCCCOc1cc(C(=O)O)c(O)c2ccccc12. The van der Waals surface area contributed by atoms with Crippen LogP contribution in [0, 0.1) is 0 Å². The summed E-state index contributed by atoms with van der Waals surface area (Å²) in [6.07, 6.45) is 3.09. The highest BCUT2D eigenvalue weighted by Gasteiger charge is 2.16. The molecule has 2 aromatic rings. The van der Waals surface area contributed by atoms with E-state index >= 15 is 0 Å². The summed E-state index contributed by atoms with van der Waals surface area (Å²) in [6.45, 7) is 2.65. The van der Waals surface area contributed by atoms with Gasteiger partial charge >= 0.3 is 5.97 Å². The maximum atomic E-state index is 11.2. The van der Waals surface area contributed by atoms with Crippen molar-refractivity contribution in [3.05, 3.63) is 35.9 Å². The van der Waals surface area contributed by atoms with E-state index in [-0.39, 0.29) is 11.3 Å². The number of aromatic carboxylic acids is 1. The highest BCUT2D eigenvalue weighted by Crippen LogP contribution is 2.36. The molecule has 0 amide bonds. The van der Waals surface area contributed by atoms with Gasteiger partial charge in [0.2, 0.25) is 0 Å². The second kappa shape index (κ2) is 6.28. The van der Waals surface area contributed by atoms with Crippen molar-refractivity contribution in [2.75, 3.05) is 6.61 Å². The van der Waals surface area contributed by atoms with Crippen molar-refractivity contribution in [3.63, 3.8) is 0 Å². The number of benzene rings is 2. The zero-order valence-electron chi connectivity index (χ0n) is 11.4. The molecule has 0 atom stereocenters. The second-order valence-electron chi connectivity index (χ2n) is 4.68. The van der Waals surface area contributed by atoms with Crippen molar-refractivity contribution in [1.82, 2.24) is 0 Å². The zero-order valence-corrected chi connectivity index (χ0v) is 11.4. The lowest BCUT2D eigenvalue weighted by Gasteiger charge is -2.12. The maximum Gasteiger partial charge on any atom is 0.339 e. The van der Waals surface area contributed by atoms with Crippen molar-refractivity contribution < 1.29 is 19.7 Å². The monoisotopic (exact) mass is 274 g/mol. The average molecular weight is 274 g/mol. The molecule has 0 saturated heterocycles. The number of aromatic hydroxyl groups is 1. The lowest BCUT2D eigenvalue weighted by Crippen LogP contribution is -2.02. The molecule has 0 aliphatic rings. The Labute approximate surface area is 117 Å². The van der Waals surface area contributed by atoms with Crippen LogP contribution in [-0.4, -0.2) is 22.8 Å². The summed E-state index contributed by atoms with van der Waals surface area (Å²) in [6, 6.07) is 8.49. The van der Waals surface area contributed by atoms with Gasteiger partial charge in [0, 0.05) is 10.8 Å². The number of carboxylic acids is 1. The van der Waals surface area contributed by atoms with Gasteiger partial charge in [0.15, 0.2) is 0 Å². The van der Waals surface area contributed by atoms with Gasteiger partial charge < -0.3 is 14.9 Å². The van der Waals surface area contributed by atoms with E-state index < -0.39 is 5.97 Å². The summed E-state index contributed by atoms with van der Waals surface area (Å²) in [5, 5.41) is 20.4. The molecule has 2 N–H and O–H groups in total. The molecule has 0 saturated carbocycles. The molecule has 0 spiro atoms. The Kier molecular flexibility index (Phi) is 4.45. The fraction of sp³-hybridized carbons (Fsp3) is 0.312. The van der Waals surface area contributed by atoms with Crippen molar-refractivity contribution in [2.24, 2.45) is 0 Å². The number of phenols is 1. The van der Waals surface area contributed by atoms with Crippen LogP contribution >= 0.6 is 0 Å². The number of carbonyl (C=O) groups is 1. The van der Waals surface area contributed by atoms with Crippen LogP contribution in [0.25, 0.3) is 10.8 Å². The molecule has 0 unspecified atom stereocenters. The quantitative estimate of drug-likeness (QED) is 0.786. The van der Waals surface area contributed by atoms with Gasteiger partial charge in [-0.2, -0.15) is 0 Å². The molecule has 20 heavy (non-hydrogen) atoms. The number of unbranched alkanes of at least 4 members (excludes halogenated alkanes) is 2. The molecular formula is C16H18O4. The number of hydrogen-bond donors (Lipinski definition) is 2. The van der Waals surface area contributed by atoms with Crippen LogP contribution in [0.3, 0.4) is 0 Å². The molecule has 2 aromatic carbocycles. The number of carboxylic acid groups (broad SMARTS) is 1. The van der Waals surface area contributed by atoms with Crippen LogP contribution in [0.1, 0.15) is 36.5 Å². The molecule has 2 rings (SSSR count). The molecule has 0 aromatic heterocycles. The number of rotatable bonds is 6. The van der Waals surface area contributed by atoms with Crippen LogP contribution in [0.15, 0.2) is 30.3 Å². The number of hydrogen-bond acceptors (Lipinski definition) is 3. The third-order valence-electron chi connectivity index (χ3n) is 3.21. The Morgan fingerprint density at radius 2 is 1.90 bits per heavy atom. The van der Waals surface area contributed by atoms with E-state index in [4.69, 9.17) is 9.84 Å². The fourth-order valence-electron chi connectivity index (χ4n) is 2.14. The smallest absolute Gasteiger partial charge is 0.339 e. The Bertz CT molecular complexity index is 619. The molecule has 4 heteroatoms. The standard InChI is InChI=1S/C16H18O4/c1-2-3-6-9-20-14-10-13(16(18)19)15(17)12-8-5-4-7-11(12)14/h4-5,7-8,10,17H,2-3,6,9H2,1H3,(H,18,19). The van der Waals surface area contributed by atoms with Crippen LogP contribution in [-0.2, 0) is 0 Å². The van der Waals surface area contributed by atoms with Gasteiger partial charge in [0.05, 0.1) is 6.61 Å². The van der Waals surface area contributed by atoms with Crippen molar-refractivity contribution in [3.8, 4) is 11.5 Å². The van der Waals surface area contributed by atoms with Gasteiger partial charge in [-0.25, -0.2) is 4.79 Å². The summed E-state index contributed by atoms with van der Waals surface area (Å²) in [7, 11) is 0. The van der Waals surface area contributed by atoms with Crippen molar-refractivity contribution >= 4 is 16.7 Å². The molecule has 106 valence electrons. The highest BCUT2D eigenvalue weighted by atomic mass is 16.5. The van der Waals surface area contributed by atoms with Gasteiger partial charge in [0.25, 0.3) is 0 Å². The van der Waals surface area contributed by atoms with Gasteiger partial charge in [-0.15, -0.1) is 0 Å². The summed E-state index contributed by atoms with van der Waals surface area (Å²) in [5.74, 6) is -0.868. The zero-order chi connectivity index (χ0) is 14.5. The molecule has 4 nitrogen and oxygen atoms in total. The molecule has 0 aliphatic carbocycles. The summed E-state index contributed by atoms with van der Waals surface area (Å²) < 4.78 is 5.69. The molecule has 0 aliphatic heterocycles. The minimum atomic E-state index is -1.16. The second-order valence-corrected chi connectivity index (χ2v) is 4.68. The summed E-state index contributed by atoms with van der Waals surface area (Å²) in [4.78, 5) is 11.2. The predicted molar refractivity (Wildman–Crippen MR) is 77.6 cm³/mol. The molecule has 0 heterocycles. The number of fused-ring (bicyclic) bond motifs is 1. The first-order valence-corrected chi connectivity index (χ1v) is 6.76. The van der Waals surface area contributed by atoms with Gasteiger partial charge in [-0.3, -0.25) is 0 Å². The summed E-state index contributed by atoms with van der Waals surface area (Å²) >= 11 is 0. The Morgan fingerprint density at radius 3 is 2.55 bits per heavy atom. The lowest BCUT2D eigenvalue weighted by molar-refractivity contribution is 0.0693. The van der Waals surface area contributed by atoms with Gasteiger partial charge in [-0.1, -0.05) is 44.0 Å². The average Bonchev–Trinajstić information content (AvgIpc) is 2.45. The largest absolute Gasteiger partial charge is 0.506 e. The van der Waals surface area contributed by atoms with E-state index in [2.05, 4.69) is 6.92 Å². The number of ether oxygens (including phenoxy) is 1. The maximum absolute atomic E-state index is 11.2. The third kappa shape index (κ3) is 2.85. The molecular weight excluding hydrogens is 256 g/mol. The van der Waals surface area contributed by atoms with Gasteiger partial charge in [0.1, 0.15) is 17.1 Å².